The van der Waals surface area contributed by atoms with Crippen molar-refractivity contribution in [1.29, 1.82) is 0 Å². The molecule has 17 heavy (non-hydrogen) atoms. The Bertz CT molecular complexity index is 557. The molecule has 0 amide bonds. The molecule has 0 aliphatic heterocycles. The van der Waals surface area contributed by atoms with E-state index in [0.717, 1.165) is 4.47 Å². The maximum absolute atomic E-state index is 13.3. The fraction of sp³-hybridized carbons (Fsp3) is 0.0833. The van der Waals surface area contributed by atoms with E-state index in [4.69, 9.17) is 5.73 Å². The standard InChI is InChI=1S/C12H11BrFN3/c1-7-2-3-9(5-10(7)14)17-12-11(15)4-8(13)6-16-12/h2-6H,15H2,1H3,(H,16,17). The molecule has 1 heterocycles. The van der Waals surface area contributed by atoms with Crippen LogP contribution in [0.2, 0.25) is 0 Å². The Balaban J connectivity index is 2.28. The first-order valence-electron chi connectivity index (χ1n) is 5.00. The fourth-order valence-corrected chi connectivity index (χ4v) is 1.72. The highest BCUT2D eigenvalue weighted by Crippen LogP contribution is 2.24. The van der Waals surface area contributed by atoms with Crippen molar-refractivity contribution >= 4 is 33.1 Å². The van der Waals surface area contributed by atoms with E-state index in [2.05, 4.69) is 26.2 Å². The SMILES string of the molecule is Cc1ccc(Nc2ncc(Br)cc2N)cc1F. The predicted molar refractivity (Wildman–Crippen MR) is 70.8 cm³/mol. The number of aryl methyl sites for hydroxylation is 1. The number of benzene rings is 1. The minimum absolute atomic E-state index is 0.259. The molecule has 0 spiro atoms. The number of nitrogen functional groups attached to an aromatic ring is 1. The first kappa shape index (κ1) is 11.9. The first-order chi connectivity index (χ1) is 8.06. The molecule has 3 nitrogen and oxygen atoms in total. The summed E-state index contributed by atoms with van der Waals surface area (Å²) in [5.74, 6) is 0.252. The van der Waals surface area contributed by atoms with Crippen molar-refractivity contribution in [2.75, 3.05) is 11.1 Å². The van der Waals surface area contributed by atoms with Gasteiger partial charge in [0.05, 0.1) is 5.69 Å². The van der Waals surface area contributed by atoms with Crippen LogP contribution in [-0.4, -0.2) is 4.98 Å². The van der Waals surface area contributed by atoms with Gasteiger partial charge in [0.25, 0.3) is 0 Å². The third-order valence-corrected chi connectivity index (χ3v) is 2.75. The van der Waals surface area contributed by atoms with Crippen molar-refractivity contribution in [2.24, 2.45) is 0 Å². The van der Waals surface area contributed by atoms with Crippen LogP contribution in [0.25, 0.3) is 0 Å². The van der Waals surface area contributed by atoms with Crippen molar-refractivity contribution in [3.8, 4) is 0 Å². The zero-order chi connectivity index (χ0) is 12.4. The highest BCUT2D eigenvalue weighted by molar-refractivity contribution is 9.10. The number of rotatable bonds is 2. The van der Waals surface area contributed by atoms with E-state index in [1.165, 1.54) is 6.07 Å². The maximum Gasteiger partial charge on any atom is 0.153 e. The number of hydrogen-bond donors (Lipinski definition) is 2. The molecule has 3 N–H and O–H groups in total. The molecule has 0 atom stereocenters. The van der Waals surface area contributed by atoms with Gasteiger partial charge in [-0.15, -0.1) is 0 Å². The molecule has 1 aromatic heterocycles. The molecule has 0 unspecified atom stereocenters. The molecule has 0 radical (unpaired) electrons. The van der Waals surface area contributed by atoms with Gasteiger partial charge in [0.1, 0.15) is 5.82 Å². The second-order valence-corrected chi connectivity index (χ2v) is 4.60. The van der Waals surface area contributed by atoms with Crippen molar-refractivity contribution in [1.82, 2.24) is 4.98 Å². The zero-order valence-electron chi connectivity index (χ0n) is 9.17. The molecule has 0 aliphatic rings. The van der Waals surface area contributed by atoms with Crippen LogP contribution in [-0.2, 0) is 0 Å². The number of nitrogens with two attached hydrogens (primary N) is 1. The summed E-state index contributed by atoms with van der Waals surface area (Å²) >= 11 is 3.27. The second-order valence-electron chi connectivity index (χ2n) is 3.68. The number of aromatic nitrogens is 1. The Morgan fingerprint density at radius 2 is 2.12 bits per heavy atom. The Morgan fingerprint density at radius 3 is 2.76 bits per heavy atom. The molecule has 0 bridgehead atoms. The van der Waals surface area contributed by atoms with E-state index in [1.807, 2.05) is 0 Å². The lowest BCUT2D eigenvalue weighted by Gasteiger charge is -2.09. The number of halogens is 2. The van der Waals surface area contributed by atoms with Crippen LogP contribution >= 0.6 is 15.9 Å². The molecule has 1 aromatic carbocycles. The Kier molecular flexibility index (Phi) is 3.28. The van der Waals surface area contributed by atoms with E-state index in [1.54, 1.807) is 31.3 Å². The van der Waals surface area contributed by atoms with Crippen LogP contribution in [0.3, 0.4) is 0 Å². The third kappa shape index (κ3) is 2.74. The van der Waals surface area contributed by atoms with E-state index < -0.39 is 0 Å². The number of nitrogens with zero attached hydrogens (tertiary/aromatic N) is 1. The van der Waals surface area contributed by atoms with Crippen LogP contribution < -0.4 is 11.1 Å². The molecule has 0 saturated carbocycles. The van der Waals surface area contributed by atoms with Crippen LogP contribution in [0.1, 0.15) is 5.56 Å². The molecule has 2 rings (SSSR count). The number of anilines is 3. The molecular formula is C12H11BrFN3. The van der Waals surface area contributed by atoms with E-state index in [9.17, 15) is 4.39 Å². The topological polar surface area (TPSA) is 50.9 Å². The smallest absolute Gasteiger partial charge is 0.153 e. The van der Waals surface area contributed by atoms with E-state index in [0.29, 0.717) is 22.8 Å². The number of hydrogen-bond acceptors (Lipinski definition) is 3. The molecule has 0 aliphatic carbocycles. The fourth-order valence-electron chi connectivity index (χ4n) is 1.37. The molecular weight excluding hydrogens is 285 g/mol. The summed E-state index contributed by atoms with van der Waals surface area (Å²) in [6, 6.07) is 6.63. The number of nitrogens with one attached hydrogen (secondary N) is 1. The van der Waals surface area contributed by atoms with Gasteiger partial charge in [-0.05, 0) is 46.6 Å². The molecule has 2 aromatic rings. The van der Waals surface area contributed by atoms with Gasteiger partial charge >= 0.3 is 0 Å². The monoisotopic (exact) mass is 295 g/mol. The highest BCUT2D eigenvalue weighted by Gasteiger charge is 2.04. The summed E-state index contributed by atoms with van der Waals surface area (Å²) in [4.78, 5) is 4.12. The van der Waals surface area contributed by atoms with Gasteiger partial charge in [-0.2, -0.15) is 0 Å². The second kappa shape index (κ2) is 4.71. The Hall–Kier alpha value is -1.62. The predicted octanol–water partition coefficient (Wildman–Crippen LogP) is 3.62. The minimum Gasteiger partial charge on any atom is -0.396 e. The molecule has 88 valence electrons. The quantitative estimate of drug-likeness (QED) is 0.890. The van der Waals surface area contributed by atoms with Crippen molar-refractivity contribution in [3.05, 3.63) is 46.3 Å². The lowest BCUT2D eigenvalue weighted by atomic mass is 10.2. The molecule has 0 fully saturated rings. The minimum atomic E-state index is -0.259. The first-order valence-corrected chi connectivity index (χ1v) is 5.80. The summed E-state index contributed by atoms with van der Waals surface area (Å²) in [7, 11) is 0. The summed E-state index contributed by atoms with van der Waals surface area (Å²) in [6.07, 6.45) is 1.63. The van der Waals surface area contributed by atoms with Crippen LogP contribution in [0.5, 0.6) is 0 Å². The van der Waals surface area contributed by atoms with Gasteiger partial charge in [0, 0.05) is 16.4 Å². The van der Waals surface area contributed by atoms with Crippen molar-refractivity contribution in [2.45, 2.75) is 6.92 Å². The summed E-state index contributed by atoms with van der Waals surface area (Å²) in [5, 5.41) is 2.97. The normalized spacial score (nSPS) is 10.3. The zero-order valence-corrected chi connectivity index (χ0v) is 10.8. The van der Waals surface area contributed by atoms with Crippen LogP contribution in [0.15, 0.2) is 34.9 Å². The average molecular weight is 296 g/mol. The summed E-state index contributed by atoms with van der Waals surface area (Å²) in [5.41, 5.74) is 7.51. The van der Waals surface area contributed by atoms with Gasteiger partial charge in [-0.1, -0.05) is 6.07 Å². The lowest BCUT2D eigenvalue weighted by Crippen LogP contribution is -1.99. The lowest BCUT2D eigenvalue weighted by molar-refractivity contribution is 0.619. The summed E-state index contributed by atoms with van der Waals surface area (Å²) in [6.45, 7) is 1.71. The highest BCUT2D eigenvalue weighted by atomic mass is 79.9. The van der Waals surface area contributed by atoms with Crippen molar-refractivity contribution in [3.63, 3.8) is 0 Å². The van der Waals surface area contributed by atoms with Crippen LogP contribution in [0.4, 0.5) is 21.6 Å². The van der Waals surface area contributed by atoms with Gasteiger partial charge < -0.3 is 11.1 Å². The van der Waals surface area contributed by atoms with Gasteiger partial charge in [0.15, 0.2) is 5.82 Å². The Labute approximate surface area is 107 Å². The summed E-state index contributed by atoms with van der Waals surface area (Å²) < 4.78 is 14.1. The van der Waals surface area contributed by atoms with Crippen molar-refractivity contribution < 1.29 is 4.39 Å². The van der Waals surface area contributed by atoms with E-state index in [-0.39, 0.29) is 5.82 Å². The molecule has 0 saturated heterocycles. The van der Waals surface area contributed by atoms with Gasteiger partial charge in [0.2, 0.25) is 0 Å². The van der Waals surface area contributed by atoms with Gasteiger partial charge in [-0.3, -0.25) is 0 Å². The largest absolute Gasteiger partial charge is 0.396 e. The molecule has 5 heteroatoms. The van der Waals surface area contributed by atoms with Gasteiger partial charge in [-0.25, -0.2) is 9.37 Å². The van der Waals surface area contributed by atoms with E-state index >= 15 is 0 Å². The third-order valence-electron chi connectivity index (χ3n) is 2.32. The Morgan fingerprint density at radius 1 is 1.35 bits per heavy atom. The van der Waals surface area contributed by atoms with Crippen LogP contribution in [0, 0.1) is 12.7 Å². The number of pyridine rings is 1. The average Bonchev–Trinajstić information content (AvgIpc) is 2.27. The maximum atomic E-state index is 13.3.